The first-order valence-electron chi connectivity index (χ1n) is 2.77. The van der Waals surface area contributed by atoms with Gasteiger partial charge < -0.3 is 5.32 Å². The van der Waals surface area contributed by atoms with Crippen LogP contribution >= 0.6 is 0 Å². The van der Waals surface area contributed by atoms with E-state index in [1.807, 2.05) is 0 Å². The zero-order valence-corrected chi connectivity index (χ0v) is 5.43. The molecule has 3 heteroatoms. The molecule has 0 saturated heterocycles. The molecule has 1 aliphatic heterocycles. The van der Waals surface area contributed by atoms with Crippen LogP contribution in [0, 0.1) is 0 Å². The molecule has 3 nitrogen and oxygen atoms in total. The summed E-state index contributed by atoms with van der Waals surface area (Å²) in [5.41, 5.74) is 0.507. The summed E-state index contributed by atoms with van der Waals surface area (Å²) >= 11 is 0. The standard InChI is InChI=1S/C6H8N2O/c1-3-5-6(9)8-4(2)7-5/h3H,1-2H3,(H,7,8,9)/b5-3-. The molecule has 1 N–H and O–H groups in total. The molecule has 0 saturated carbocycles. The van der Waals surface area contributed by atoms with Gasteiger partial charge in [-0.2, -0.15) is 0 Å². The van der Waals surface area contributed by atoms with Crippen molar-refractivity contribution in [2.24, 2.45) is 4.99 Å². The second-order valence-corrected chi connectivity index (χ2v) is 1.83. The van der Waals surface area contributed by atoms with E-state index in [1.165, 1.54) is 0 Å². The maximum absolute atomic E-state index is 10.7. The Bertz CT molecular complexity index is 203. The molecule has 0 atom stereocenters. The van der Waals surface area contributed by atoms with Crippen LogP contribution in [-0.4, -0.2) is 11.7 Å². The van der Waals surface area contributed by atoms with E-state index >= 15 is 0 Å². The normalized spacial score (nSPS) is 22.2. The van der Waals surface area contributed by atoms with Crippen LogP contribution in [0.1, 0.15) is 13.8 Å². The van der Waals surface area contributed by atoms with Crippen LogP contribution in [0.25, 0.3) is 0 Å². The third-order valence-electron chi connectivity index (χ3n) is 1.09. The Balaban J connectivity index is 2.89. The number of aliphatic imine (C=N–C) groups is 1. The Morgan fingerprint density at radius 2 is 2.33 bits per heavy atom. The van der Waals surface area contributed by atoms with Gasteiger partial charge in [-0.3, -0.25) is 4.79 Å². The van der Waals surface area contributed by atoms with Crippen molar-refractivity contribution in [2.75, 3.05) is 0 Å². The summed E-state index contributed by atoms with van der Waals surface area (Å²) in [7, 11) is 0. The van der Waals surface area contributed by atoms with E-state index in [9.17, 15) is 4.79 Å². The van der Waals surface area contributed by atoms with Crippen molar-refractivity contribution in [1.29, 1.82) is 0 Å². The molecular weight excluding hydrogens is 116 g/mol. The highest BCUT2D eigenvalue weighted by atomic mass is 16.2. The van der Waals surface area contributed by atoms with E-state index in [-0.39, 0.29) is 5.91 Å². The molecule has 0 aromatic heterocycles. The van der Waals surface area contributed by atoms with Crippen LogP contribution in [0.3, 0.4) is 0 Å². The van der Waals surface area contributed by atoms with Crippen molar-refractivity contribution in [2.45, 2.75) is 13.8 Å². The zero-order valence-electron chi connectivity index (χ0n) is 5.43. The van der Waals surface area contributed by atoms with Crippen LogP contribution in [-0.2, 0) is 4.79 Å². The Labute approximate surface area is 53.5 Å². The van der Waals surface area contributed by atoms with Crippen LogP contribution < -0.4 is 5.32 Å². The van der Waals surface area contributed by atoms with Crippen LogP contribution in [0.5, 0.6) is 0 Å². The number of amides is 1. The first-order chi connectivity index (χ1) is 4.24. The van der Waals surface area contributed by atoms with Crippen molar-refractivity contribution in [3.63, 3.8) is 0 Å². The predicted molar refractivity (Wildman–Crippen MR) is 35.0 cm³/mol. The molecular formula is C6H8N2O. The van der Waals surface area contributed by atoms with E-state index in [2.05, 4.69) is 10.3 Å². The van der Waals surface area contributed by atoms with E-state index in [0.717, 1.165) is 0 Å². The highest BCUT2D eigenvalue weighted by molar-refractivity contribution is 6.11. The van der Waals surface area contributed by atoms with Gasteiger partial charge in [0.2, 0.25) is 0 Å². The van der Waals surface area contributed by atoms with Crippen molar-refractivity contribution < 1.29 is 4.79 Å². The van der Waals surface area contributed by atoms with Gasteiger partial charge in [-0.1, -0.05) is 6.08 Å². The highest BCUT2D eigenvalue weighted by Gasteiger charge is 2.14. The van der Waals surface area contributed by atoms with Gasteiger partial charge in [0.1, 0.15) is 11.5 Å². The topological polar surface area (TPSA) is 41.5 Å². The lowest BCUT2D eigenvalue weighted by atomic mass is 10.4. The van der Waals surface area contributed by atoms with Gasteiger partial charge in [0, 0.05) is 0 Å². The van der Waals surface area contributed by atoms with Crippen molar-refractivity contribution in [3.05, 3.63) is 11.8 Å². The molecule has 1 amide bonds. The van der Waals surface area contributed by atoms with Gasteiger partial charge in [0.15, 0.2) is 0 Å². The summed E-state index contributed by atoms with van der Waals surface area (Å²) in [6, 6.07) is 0. The van der Waals surface area contributed by atoms with Gasteiger partial charge in [-0.15, -0.1) is 0 Å². The quantitative estimate of drug-likeness (QED) is 0.468. The van der Waals surface area contributed by atoms with Crippen LogP contribution in [0.2, 0.25) is 0 Å². The summed E-state index contributed by atoms with van der Waals surface area (Å²) in [6.45, 7) is 3.55. The van der Waals surface area contributed by atoms with Crippen molar-refractivity contribution in [3.8, 4) is 0 Å². The molecule has 0 aromatic rings. The first kappa shape index (κ1) is 6.01. The summed E-state index contributed by atoms with van der Waals surface area (Å²) in [5, 5.41) is 2.56. The number of hydrogen-bond acceptors (Lipinski definition) is 2. The maximum atomic E-state index is 10.7. The molecule has 1 aliphatic rings. The Morgan fingerprint density at radius 3 is 2.56 bits per heavy atom. The largest absolute Gasteiger partial charge is 0.309 e. The fourth-order valence-corrected chi connectivity index (χ4v) is 0.683. The Hall–Kier alpha value is -1.12. The molecule has 0 unspecified atom stereocenters. The number of allylic oxidation sites excluding steroid dienone is 1. The minimum atomic E-state index is -0.102. The minimum absolute atomic E-state index is 0.102. The second kappa shape index (κ2) is 2.01. The average Bonchev–Trinajstić information content (AvgIpc) is 2.10. The maximum Gasteiger partial charge on any atom is 0.274 e. The smallest absolute Gasteiger partial charge is 0.274 e. The van der Waals surface area contributed by atoms with E-state index in [0.29, 0.717) is 11.5 Å². The molecule has 0 radical (unpaired) electrons. The number of amidine groups is 1. The summed E-state index contributed by atoms with van der Waals surface area (Å²) in [4.78, 5) is 14.6. The predicted octanol–water partition coefficient (Wildman–Crippen LogP) is 0.438. The lowest BCUT2D eigenvalue weighted by molar-refractivity contribution is -0.115. The molecule has 0 aliphatic carbocycles. The van der Waals surface area contributed by atoms with E-state index in [4.69, 9.17) is 0 Å². The summed E-state index contributed by atoms with van der Waals surface area (Å²) in [6.07, 6.45) is 1.69. The highest BCUT2D eigenvalue weighted by Crippen LogP contribution is 2.02. The van der Waals surface area contributed by atoms with Crippen molar-refractivity contribution in [1.82, 2.24) is 5.32 Å². The van der Waals surface area contributed by atoms with E-state index in [1.54, 1.807) is 19.9 Å². The van der Waals surface area contributed by atoms with Gasteiger partial charge in [-0.05, 0) is 13.8 Å². The fraction of sp³-hybridized carbons (Fsp3) is 0.333. The summed E-state index contributed by atoms with van der Waals surface area (Å²) in [5.74, 6) is 0.572. The molecule has 9 heavy (non-hydrogen) atoms. The third-order valence-corrected chi connectivity index (χ3v) is 1.09. The first-order valence-corrected chi connectivity index (χ1v) is 2.77. The molecule has 0 spiro atoms. The number of hydrogen-bond donors (Lipinski definition) is 1. The number of nitrogens with zero attached hydrogens (tertiary/aromatic N) is 1. The Morgan fingerprint density at radius 1 is 1.67 bits per heavy atom. The van der Waals surface area contributed by atoms with Gasteiger partial charge in [0.05, 0.1) is 0 Å². The Kier molecular flexibility index (Phi) is 1.34. The average molecular weight is 124 g/mol. The number of carbonyl (C=O) groups is 1. The van der Waals surface area contributed by atoms with Crippen LogP contribution in [0.15, 0.2) is 16.8 Å². The molecule has 1 rings (SSSR count). The van der Waals surface area contributed by atoms with Crippen LogP contribution in [0.4, 0.5) is 0 Å². The van der Waals surface area contributed by atoms with Gasteiger partial charge >= 0.3 is 0 Å². The zero-order chi connectivity index (χ0) is 6.85. The SMILES string of the molecule is C/C=C1\N=C(C)NC1=O. The fourth-order valence-electron chi connectivity index (χ4n) is 0.683. The minimum Gasteiger partial charge on any atom is -0.309 e. The van der Waals surface area contributed by atoms with Crippen molar-refractivity contribution >= 4 is 11.7 Å². The molecule has 1 heterocycles. The number of nitrogens with one attached hydrogen (secondary N) is 1. The molecule has 0 aromatic carbocycles. The monoisotopic (exact) mass is 124 g/mol. The molecule has 48 valence electrons. The third kappa shape index (κ3) is 0.988. The number of carbonyl (C=O) groups excluding carboxylic acids is 1. The van der Waals surface area contributed by atoms with Gasteiger partial charge in [-0.25, -0.2) is 4.99 Å². The molecule has 0 bridgehead atoms. The lowest BCUT2D eigenvalue weighted by Crippen LogP contribution is -2.21. The lowest BCUT2D eigenvalue weighted by Gasteiger charge is -1.86. The van der Waals surface area contributed by atoms with E-state index < -0.39 is 0 Å². The number of rotatable bonds is 0. The summed E-state index contributed by atoms with van der Waals surface area (Å²) < 4.78 is 0. The van der Waals surface area contributed by atoms with Gasteiger partial charge in [0.25, 0.3) is 5.91 Å². The molecule has 0 fully saturated rings. The second-order valence-electron chi connectivity index (χ2n) is 1.83.